The molecule has 2 aliphatic rings. The monoisotopic (exact) mass is 338 g/mol. The number of amides is 1. The van der Waals surface area contributed by atoms with Crippen LogP contribution >= 0.6 is 0 Å². The van der Waals surface area contributed by atoms with Gasteiger partial charge in [0.05, 0.1) is 6.10 Å². The van der Waals surface area contributed by atoms with Gasteiger partial charge in [0.15, 0.2) is 11.6 Å². The third-order valence-corrected chi connectivity index (χ3v) is 5.19. The lowest BCUT2D eigenvalue weighted by molar-refractivity contribution is -0.133. The van der Waals surface area contributed by atoms with E-state index in [-0.39, 0.29) is 18.1 Å². The average Bonchev–Trinajstić information content (AvgIpc) is 3.02. The second-order valence-corrected chi connectivity index (χ2v) is 6.73. The topological polar surface area (TPSA) is 43.8 Å². The van der Waals surface area contributed by atoms with Crippen molar-refractivity contribution in [2.24, 2.45) is 0 Å². The third kappa shape index (κ3) is 3.92. The Kier molecular flexibility index (Phi) is 5.46. The molecular weight excluding hydrogens is 314 g/mol. The van der Waals surface area contributed by atoms with E-state index in [1.54, 1.807) is 0 Å². The Bertz CT molecular complexity index is 588. The molecule has 0 aromatic heterocycles. The minimum Gasteiger partial charge on any atom is -0.391 e. The number of carbonyl (C=O) groups is 1. The van der Waals surface area contributed by atoms with Crippen LogP contribution in [0.3, 0.4) is 0 Å². The van der Waals surface area contributed by atoms with Gasteiger partial charge in [-0.1, -0.05) is 6.07 Å². The highest BCUT2D eigenvalue weighted by atomic mass is 19.2. The number of carbonyl (C=O) groups excluding carboxylic acids is 1. The minimum atomic E-state index is -0.872. The van der Waals surface area contributed by atoms with Crippen LogP contribution in [0.4, 0.5) is 8.78 Å². The molecule has 4 nitrogen and oxygen atoms in total. The Labute approximate surface area is 141 Å². The first-order chi connectivity index (χ1) is 11.5. The van der Waals surface area contributed by atoms with E-state index in [9.17, 15) is 18.7 Å². The molecule has 1 saturated heterocycles. The van der Waals surface area contributed by atoms with Gasteiger partial charge in [-0.25, -0.2) is 8.78 Å². The number of aryl methyl sites for hydroxylation is 1. The van der Waals surface area contributed by atoms with Crippen LogP contribution in [0.1, 0.15) is 31.2 Å². The molecule has 0 bridgehead atoms. The fourth-order valence-corrected chi connectivity index (χ4v) is 3.75. The predicted octanol–water partition coefficient (Wildman–Crippen LogP) is 1.95. The first-order valence-corrected chi connectivity index (χ1v) is 8.68. The van der Waals surface area contributed by atoms with Crippen molar-refractivity contribution in [2.45, 2.75) is 44.2 Å². The van der Waals surface area contributed by atoms with Gasteiger partial charge in [-0.2, -0.15) is 0 Å². The first-order valence-electron chi connectivity index (χ1n) is 8.68. The van der Waals surface area contributed by atoms with Crippen LogP contribution in [0, 0.1) is 11.6 Å². The number of benzene rings is 1. The van der Waals surface area contributed by atoms with E-state index in [2.05, 4.69) is 4.90 Å². The van der Waals surface area contributed by atoms with Crippen LogP contribution < -0.4 is 0 Å². The van der Waals surface area contributed by atoms with Gasteiger partial charge >= 0.3 is 0 Å². The zero-order valence-electron chi connectivity index (χ0n) is 13.8. The molecule has 6 heteroatoms. The SMILES string of the molecule is O=C(CCc1ccc(F)c(F)c1)N1CCN([C@@H]2CCC[C@H]2O)CC1. The molecule has 1 aromatic rings. The highest BCUT2D eigenvalue weighted by Crippen LogP contribution is 2.25. The molecule has 2 fully saturated rings. The molecule has 2 atom stereocenters. The van der Waals surface area contributed by atoms with E-state index >= 15 is 0 Å². The molecular formula is C18H24F2N2O2. The Hall–Kier alpha value is -1.53. The van der Waals surface area contributed by atoms with Crippen LogP contribution in [-0.4, -0.2) is 59.1 Å². The number of rotatable bonds is 4. The minimum absolute atomic E-state index is 0.0475. The summed E-state index contributed by atoms with van der Waals surface area (Å²) in [5.41, 5.74) is 0.634. The fraction of sp³-hybridized carbons (Fsp3) is 0.611. The van der Waals surface area contributed by atoms with E-state index in [4.69, 9.17) is 0 Å². The molecule has 1 saturated carbocycles. The van der Waals surface area contributed by atoms with Crippen molar-refractivity contribution < 1.29 is 18.7 Å². The number of nitrogens with zero attached hydrogens (tertiary/aromatic N) is 2. The normalized spacial score (nSPS) is 25.2. The summed E-state index contributed by atoms with van der Waals surface area (Å²) < 4.78 is 26.1. The number of halogens is 2. The second-order valence-electron chi connectivity index (χ2n) is 6.73. The quantitative estimate of drug-likeness (QED) is 0.913. The molecule has 0 radical (unpaired) electrons. The molecule has 1 amide bonds. The summed E-state index contributed by atoms with van der Waals surface area (Å²) in [4.78, 5) is 16.4. The van der Waals surface area contributed by atoms with Crippen molar-refractivity contribution in [3.05, 3.63) is 35.4 Å². The largest absolute Gasteiger partial charge is 0.391 e. The van der Waals surface area contributed by atoms with Gasteiger partial charge in [0.1, 0.15) is 0 Å². The van der Waals surface area contributed by atoms with Gasteiger partial charge in [0.25, 0.3) is 0 Å². The van der Waals surface area contributed by atoms with Crippen molar-refractivity contribution in [1.82, 2.24) is 9.80 Å². The van der Waals surface area contributed by atoms with E-state index in [0.29, 0.717) is 31.5 Å². The lowest BCUT2D eigenvalue weighted by Gasteiger charge is -2.39. The van der Waals surface area contributed by atoms with E-state index in [0.717, 1.165) is 44.5 Å². The van der Waals surface area contributed by atoms with Crippen LogP contribution in [0.5, 0.6) is 0 Å². The van der Waals surface area contributed by atoms with Gasteiger partial charge < -0.3 is 10.0 Å². The van der Waals surface area contributed by atoms with E-state index in [1.165, 1.54) is 6.07 Å². The van der Waals surface area contributed by atoms with Crippen LogP contribution in [-0.2, 0) is 11.2 Å². The van der Waals surface area contributed by atoms with Crippen molar-refractivity contribution in [3.63, 3.8) is 0 Å². The van der Waals surface area contributed by atoms with Crippen LogP contribution in [0.25, 0.3) is 0 Å². The molecule has 0 spiro atoms. The number of aliphatic hydroxyl groups excluding tert-OH is 1. The first kappa shape index (κ1) is 17.3. The summed E-state index contributed by atoms with van der Waals surface area (Å²) in [6, 6.07) is 4.01. The summed E-state index contributed by atoms with van der Waals surface area (Å²) >= 11 is 0. The highest BCUT2D eigenvalue weighted by molar-refractivity contribution is 5.76. The summed E-state index contributed by atoms with van der Waals surface area (Å²) in [7, 11) is 0. The van der Waals surface area contributed by atoms with Gasteiger partial charge in [-0.15, -0.1) is 0 Å². The van der Waals surface area contributed by atoms with Gasteiger partial charge in [0.2, 0.25) is 5.91 Å². The lowest BCUT2D eigenvalue weighted by Crippen LogP contribution is -2.53. The second kappa shape index (κ2) is 7.57. The summed E-state index contributed by atoms with van der Waals surface area (Å²) in [5, 5.41) is 9.99. The summed E-state index contributed by atoms with van der Waals surface area (Å²) in [6.45, 7) is 2.91. The molecule has 1 aliphatic carbocycles. The molecule has 0 unspecified atom stereocenters. The smallest absolute Gasteiger partial charge is 0.222 e. The highest BCUT2D eigenvalue weighted by Gasteiger charge is 2.33. The van der Waals surface area contributed by atoms with Crippen LogP contribution in [0.15, 0.2) is 18.2 Å². The molecule has 132 valence electrons. The Morgan fingerprint density at radius 2 is 1.88 bits per heavy atom. The third-order valence-electron chi connectivity index (χ3n) is 5.19. The number of aliphatic hydroxyl groups is 1. The zero-order chi connectivity index (χ0) is 17.1. The number of hydrogen-bond donors (Lipinski definition) is 1. The molecule has 3 rings (SSSR count). The lowest BCUT2D eigenvalue weighted by atomic mass is 10.1. The fourth-order valence-electron chi connectivity index (χ4n) is 3.75. The van der Waals surface area contributed by atoms with E-state index < -0.39 is 11.6 Å². The maximum absolute atomic E-state index is 13.2. The maximum Gasteiger partial charge on any atom is 0.222 e. The molecule has 1 heterocycles. The standard InChI is InChI=1S/C18H24F2N2O2/c19-14-6-4-13(12-15(14)20)5-7-18(24)22-10-8-21(9-11-22)16-2-1-3-17(16)23/h4,6,12,16-17,23H,1-3,5,7-11H2/t16-,17-/m1/s1. The maximum atomic E-state index is 13.2. The van der Waals surface area contributed by atoms with Crippen molar-refractivity contribution in [2.75, 3.05) is 26.2 Å². The zero-order valence-corrected chi connectivity index (χ0v) is 13.8. The van der Waals surface area contributed by atoms with Gasteiger partial charge in [-0.3, -0.25) is 9.69 Å². The average molecular weight is 338 g/mol. The van der Waals surface area contributed by atoms with Crippen molar-refractivity contribution in [3.8, 4) is 0 Å². The number of piperazine rings is 1. The van der Waals surface area contributed by atoms with E-state index in [1.807, 2.05) is 4.90 Å². The Morgan fingerprint density at radius 3 is 2.50 bits per heavy atom. The molecule has 24 heavy (non-hydrogen) atoms. The molecule has 1 aromatic carbocycles. The summed E-state index contributed by atoms with van der Waals surface area (Å²) in [5.74, 6) is -1.69. The van der Waals surface area contributed by atoms with Crippen molar-refractivity contribution >= 4 is 5.91 Å². The molecule has 1 aliphatic heterocycles. The number of hydrogen-bond acceptors (Lipinski definition) is 3. The Balaban J connectivity index is 1.45. The van der Waals surface area contributed by atoms with Gasteiger partial charge in [-0.05, 0) is 43.4 Å². The van der Waals surface area contributed by atoms with Crippen LogP contribution in [0.2, 0.25) is 0 Å². The predicted molar refractivity (Wildman–Crippen MR) is 86.5 cm³/mol. The van der Waals surface area contributed by atoms with Gasteiger partial charge in [0, 0.05) is 38.6 Å². The molecule has 1 N–H and O–H groups in total. The van der Waals surface area contributed by atoms with Crippen molar-refractivity contribution in [1.29, 1.82) is 0 Å². The Morgan fingerprint density at radius 1 is 1.12 bits per heavy atom. The summed E-state index contributed by atoms with van der Waals surface area (Å²) in [6.07, 6.45) is 3.46.